The lowest BCUT2D eigenvalue weighted by molar-refractivity contribution is 0.174. The second-order valence-electron chi connectivity index (χ2n) is 4.18. The molecule has 0 heterocycles. The normalized spacial score (nSPS) is 12.3. The molecular formula is C15H16FNO. The van der Waals surface area contributed by atoms with Crippen LogP contribution in [0.1, 0.15) is 17.2 Å². The molecule has 2 aromatic carbocycles. The minimum atomic E-state index is -0.616. The van der Waals surface area contributed by atoms with E-state index in [0.29, 0.717) is 13.1 Å². The zero-order chi connectivity index (χ0) is 12.8. The average molecular weight is 245 g/mol. The van der Waals surface area contributed by atoms with Crippen molar-refractivity contribution in [2.75, 3.05) is 6.54 Å². The van der Waals surface area contributed by atoms with E-state index < -0.39 is 6.10 Å². The van der Waals surface area contributed by atoms with E-state index >= 15 is 0 Å². The van der Waals surface area contributed by atoms with Crippen LogP contribution in [0, 0.1) is 5.82 Å². The van der Waals surface area contributed by atoms with Gasteiger partial charge in [0.25, 0.3) is 0 Å². The quantitative estimate of drug-likeness (QED) is 0.848. The summed E-state index contributed by atoms with van der Waals surface area (Å²) >= 11 is 0. The van der Waals surface area contributed by atoms with Crippen LogP contribution in [-0.2, 0) is 6.54 Å². The Morgan fingerprint density at radius 1 is 1.00 bits per heavy atom. The number of hydrogen-bond donors (Lipinski definition) is 2. The van der Waals surface area contributed by atoms with Gasteiger partial charge < -0.3 is 10.4 Å². The topological polar surface area (TPSA) is 32.3 Å². The number of aliphatic hydroxyl groups excluding tert-OH is 1. The van der Waals surface area contributed by atoms with Crippen molar-refractivity contribution in [1.82, 2.24) is 5.32 Å². The Labute approximate surface area is 106 Å². The highest BCUT2D eigenvalue weighted by Gasteiger charge is 2.06. The van der Waals surface area contributed by atoms with Gasteiger partial charge in [-0.25, -0.2) is 4.39 Å². The molecule has 1 unspecified atom stereocenters. The largest absolute Gasteiger partial charge is 0.387 e. The zero-order valence-electron chi connectivity index (χ0n) is 10.0. The van der Waals surface area contributed by atoms with Gasteiger partial charge in [0, 0.05) is 13.1 Å². The monoisotopic (exact) mass is 245 g/mol. The lowest BCUT2D eigenvalue weighted by atomic mass is 10.1. The molecule has 1 atom stereocenters. The number of halogens is 1. The van der Waals surface area contributed by atoms with Gasteiger partial charge in [0.1, 0.15) is 5.82 Å². The molecule has 0 bridgehead atoms. The van der Waals surface area contributed by atoms with Gasteiger partial charge >= 0.3 is 0 Å². The first kappa shape index (κ1) is 12.7. The molecule has 2 aromatic rings. The first-order valence-corrected chi connectivity index (χ1v) is 5.94. The lowest BCUT2D eigenvalue weighted by Crippen LogP contribution is -2.21. The van der Waals surface area contributed by atoms with E-state index in [9.17, 15) is 9.50 Å². The number of nitrogens with one attached hydrogen (secondary N) is 1. The van der Waals surface area contributed by atoms with Gasteiger partial charge in [0.15, 0.2) is 0 Å². The first-order valence-electron chi connectivity index (χ1n) is 5.94. The van der Waals surface area contributed by atoms with Crippen molar-refractivity contribution in [1.29, 1.82) is 0 Å². The maximum absolute atomic E-state index is 12.7. The maximum atomic E-state index is 12.7. The van der Waals surface area contributed by atoms with E-state index in [0.717, 1.165) is 5.56 Å². The van der Waals surface area contributed by atoms with Crippen molar-refractivity contribution >= 4 is 0 Å². The second-order valence-corrected chi connectivity index (χ2v) is 4.18. The van der Waals surface area contributed by atoms with Crippen molar-refractivity contribution in [3.63, 3.8) is 0 Å². The minimum Gasteiger partial charge on any atom is -0.387 e. The van der Waals surface area contributed by atoms with Crippen molar-refractivity contribution in [3.8, 4) is 0 Å². The highest BCUT2D eigenvalue weighted by Crippen LogP contribution is 2.12. The van der Waals surface area contributed by atoms with Gasteiger partial charge in [-0.2, -0.15) is 0 Å². The first-order chi connectivity index (χ1) is 8.75. The van der Waals surface area contributed by atoms with Gasteiger partial charge in [-0.1, -0.05) is 42.5 Å². The van der Waals surface area contributed by atoms with Crippen LogP contribution in [0.4, 0.5) is 4.39 Å². The predicted octanol–water partition coefficient (Wildman–Crippen LogP) is 2.65. The summed E-state index contributed by atoms with van der Waals surface area (Å²) in [7, 11) is 0. The molecular weight excluding hydrogens is 229 g/mol. The molecule has 0 saturated heterocycles. The fraction of sp³-hybridized carbons (Fsp3) is 0.200. The molecule has 0 spiro atoms. The molecule has 3 heteroatoms. The number of rotatable bonds is 5. The zero-order valence-corrected chi connectivity index (χ0v) is 10.0. The van der Waals surface area contributed by atoms with E-state index in [1.165, 1.54) is 17.7 Å². The van der Waals surface area contributed by atoms with Crippen molar-refractivity contribution in [2.24, 2.45) is 0 Å². The molecule has 0 amide bonds. The Morgan fingerprint density at radius 3 is 2.33 bits per heavy atom. The Kier molecular flexibility index (Phi) is 4.45. The Balaban J connectivity index is 1.81. The third-order valence-corrected chi connectivity index (χ3v) is 2.76. The maximum Gasteiger partial charge on any atom is 0.123 e. The van der Waals surface area contributed by atoms with Gasteiger partial charge in [-0.15, -0.1) is 0 Å². The molecule has 0 aliphatic heterocycles. The molecule has 0 aromatic heterocycles. The summed E-state index contributed by atoms with van der Waals surface area (Å²) in [5, 5.41) is 13.1. The molecule has 0 radical (unpaired) electrons. The van der Waals surface area contributed by atoms with Crippen molar-refractivity contribution in [2.45, 2.75) is 12.6 Å². The fourth-order valence-electron chi connectivity index (χ4n) is 1.75. The summed E-state index contributed by atoms with van der Waals surface area (Å²) in [5.41, 5.74) is 1.89. The summed E-state index contributed by atoms with van der Waals surface area (Å²) < 4.78 is 12.7. The lowest BCUT2D eigenvalue weighted by Gasteiger charge is -2.12. The van der Waals surface area contributed by atoms with E-state index in [2.05, 4.69) is 5.32 Å². The van der Waals surface area contributed by atoms with Gasteiger partial charge in [0.05, 0.1) is 6.10 Å². The Hall–Kier alpha value is -1.71. The van der Waals surface area contributed by atoms with Gasteiger partial charge in [-0.3, -0.25) is 0 Å². The van der Waals surface area contributed by atoms with Crippen LogP contribution in [-0.4, -0.2) is 11.7 Å². The molecule has 2 rings (SSSR count). The van der Waals surface area contributed by atoms with E-state index in [1.807, 2.05) is 30.3 Å². The van der Waals surface area contributed by atoms with Crippen LogP contribution in [0.3, 0.4) is 0 Å². The molecule has 2 N–H and O–H groups in total. The second kappa shape index (κ2) is 6.28. The van der Waals surface area contributed by atoms with E-state index in [1.54, 1.807) is 12.1 Å². The van der Waals surface area contributed by atoms with Crippen LogP contribution in [0.15, 0.2) is 54.6 Å². The summed E-state index contributed by atoms with van der Waals surface area (Å²) in [6, 6.07) is 15.9. The van der Waals surface area contributed by atoms with Crippen LogP contribution >= 0.6 is 0 Å². The van der Waals surface area contributed by atoms with E-state index in [4.69, 9.17) is 0 Å². The minimum absolute atomic E-state index is 0.289. The highest BCUT2D eigenvalue weighted by molar-refractivity contribution is 5.19. The number of benzene rings is 2. The average Bonchev–Trinajstić information content (AvgIpc) is 2.40. The number of aliphatic hydroxyl groups is 1. The fourth-order valence-corrected chi connectivity index (χ4v) is 1.75. The predicted molar refractivity (Wildman–Crippen MR) is 69.5 cm³/mol. The SMILES string of the molecule is OC(CNCc1ccccc1)c1ccc(F)cc1. The van der Waals surface area contributed by atoms with Crippen molar-refractivity contribution < 1.29 is 9.50 Å². The Morgan fingerprint density at radius 2 is 1.67 bits per heavy atom. The molecule has 0 aliphatic rings. The summed E-state index contributed by atoms with van der Waals surface area (Å²) in [4.78, 5) is 0. The van der Waals surface area contributed by atoms with E-state index in [-0.39, 0.29) is 5.82 Å². The summed E-state index contributed by atoms with van der Waals surface area (Å²) in [6.07, 6.45) is -0.616. The van der Waals surface area contributed by atoms with Crippen LogP contribution in [0.25, 0.3) is 0 Å². The van der Waals surface area contributed by atoms with Crippen molar-refractivity contribution in [3.05, 3.63) is 71.5 Å². The highest BCUT2D eigenvalue weighted by atomic mass is 19.1. The van der Waals surface area contributed by atoms with Crippen LogP contribution < -0.4 is 5.32 Å². The third-order valence-electron chi connectivity index (χ3n) is 2.76. The molecule has 0 aliphatic carbocycles. The summed E-state index contributed by atoms with van der Waals surface area (Å²) in [6.45, 7) is 1.15. The molecule has 18 heavy (non-hydrogen) atoms. The number of hydrogen-bond acceptors (Lipinski definition) is 2. The molecule has 2 nitrogen and oxygen atoms in total. The Bertz CT molecular complexity index is 470. The molecule has 0 saturated carbocycles. The third kappa shape index (κ3) is 3.65. The van der Waals surface area contributed by atoms with Crippen LogP contribution in [0.5, 0.6) is 0 Å². The molecule has 0 fully saturated rings. The smallest absolute Gasteiger partial charge is 0.123 e. The standard InChI is InChI=1S/C15H16FNO/c16-14-8-6-13(7-9-14)15(18)11-17-10-12-4-2-1-3-5-12/h1-9,15,17-18H,10-11H2. The summed E-state index contributed by atoms with van der Waals surface area (Å²) in [5.74, 6) is -0.289. The van der Waals surface area contributed by atoms with Crippen LogP contribution in [0.2, 0.25) is 0 Å². The van der Waals surface area contributed by atoms with Gasteiger partial charge in [0.2, 0.25) is 0 Å². The van der Waals surface area contributed by atoms with Gasteiger partial charge in [-0.05, 0) is 23.3 Å². The molecule has 94 valence electrons.